The van der Waals surface area contributed by atoms with Crippen molar-refractivity contribution in [1.82, 2.24) is 15.3 Å². The molecule has 0 spiro atoms. The predicted molar refractivity (Wildman–Crippen MR) is 96.4 cm³/mol. The third kappa shape index (κ3) is 5.34. The summed E-state index contributed by atoms with van der Waals surface area (Å²) >= 11 is 0. The van der Waals surface area contributed by atoms with E-state index >= 15 is 0 Å². The van der Waals surface area contributed by atoms with E-state index in [2.05, 4.69) is 20.6 Å². The molecule has 2 aromatic rings. The summed E-state index contributed by atoms with van der Waals surface area (Å²) in [4.78, 5) is 20.4. The number of benzene rings is 1. The monoisotopic (exact) mass is 344 g/mol. The number of hydrogen-bond acceptors (Lipinski definition) is 6. The number of carbonyl (C=O) groups excluding carboxylic acids is 1. The minimum atomic E-state index is -0.208. The topological polar surface area (TPSA) is 85.4 Å². The first-order valence-electron chi connectivity index (χ1n) is 8.12. The highest BCUT2D eigenvalue weighted by molar-refractivity contribution is 5.92. The first-order chi connectivity index (χ1) is 12.0. The summed E-state index contributed by atoms with van der Waals surface area (Å²) in [6.07, 6.45) is 2.33. The van der Waals surface area contributed by atoms with E-state index in [-0.39, 0.29) is 11.9 Å². The Morgan fingerprint density at radius 1 is 1.16 bits per heavy atom. The fraction of sp³-hybridized carbons (Fsp3) is 0.389. The van der Waals surface area contributed by atoms with E-state index in [0.29, 0.717) is 29.7 Å². The molecule has 0 fully saturated rings. The van der Waals surface area contributed by atoms with Gasteiger partial charge >= 0.3 is 0 Å². The first kappa shape index (κ1) is 18.5. The Kier molecular flexibility index (Phi) is 6.56. The zero-order chi connectivity index (χ0) is 18.2. The summed E-state index contributed by atoms with van der Waals surface area (Å²) in [6.45, 7) is 4.44. The molecule has 1 aromatic heterocycles. The number of carbonyl (C=O) groups is 1. The molecule has 1 heterocycles. The van der Waals surface area contributed by atoms with E-state index in [1.807, 2.05) is 32.0 Å². The smallest absolute Gasteiger partial charge is 0.270 e. The summed E-state index contributed by atoms with van der Waals surface area (Å²) < 4.78 is 10.5. The fourth-order valence-electron chi connectivity index (χ4n) is 2.26. The summed E-state index contributed by atoms with van der Waals surface area (Å²) in [5.74, 6) is 1.62. The van der Waals surface area contributed by atoms with Crippen LogP contribution in [0.4, 0.5) is 5.95 Å². The number of nitrogens with one attached hydrogen (secondary N) is 2. The number of hydrogen-bond donors (Lipinski definition) is 2. The van der Waals surface area contributed by atoms with Gasteiger partial charge in [-0.05, 0) is 44.0 Å². The minimum absolute atomic E-state index is 0.0592. The highest BCUT2D eigenvalue weighted by Crippen LogP contribution is 2.27. The van der Waals surface area contributed by atoms with E-state index in [4.69, 9.17) is 9.47 Å². The molecule has 2 N–H and O–H groups in total. The highest BCUT2D eigenvalue weighted by atomic mass is 16.5. The van der Waals surface area contributed by atoms with Crippen molar-refractivity contribution < 1.29 is 14.3 Å². The molecule has 0 bridgehead atoms. The van der Waals surface area contributed by atoms with Gasteiger partial charge in [-0.3, -0.25) is 4.79 Å². The second-order valence-electron chi connectivity index (χ2n) is 5.76. The van der Waals surface area contributed by atoms with Crippen molar-refractivity contribution in [3.8, 4) is 11.5 Å². The van der Waals surface area contributed by atoms with Crippen LogP contribution < -0.4 is 20.1 Å². The molecule has 7 heteroatoms. The third-order valence-electron chi connectivity index (χ3n) is 3.45. The maximum absolute atomic E-state index is 12.0. The Bertz CT molecular complexity index is 719. The van der Waals surface area contributed by atoms with Gasteiger partial charge in [-0.2, -0.15) is 0 Å². The number of aromatic nitrogens is 2. The van der Waals surface area contributed by atoms with Crippen molar-refractivity contribution in [2.45, 2.75) is 26.3 Å². The highest BCUT2D eigenvalue weighted by Gasteiger charge is 2.10. The molecular weight excluding hydrogens is 320 g/mol. The van der Waals surface area contributed by atoms with Crippen molar-refractivity contribution in [3.63, 3.8) is 0 Å². The van der Waals surface area contributed by atoms with E-state index in [1.165, 1.54) is 0 Å². The standard InChI is InChI=1S/C18H24N4O3/c1-12(2)21-17(23)14-8-10-20-18(22-14)19-9-7-13-5-6-15(24-3)16(11-13)25-4/h5-6,8,10-12H,7,9H2,1-4H3,(H,21,23)(H,19,20,22). The molecule has 1 amide bonds. The van der Waals surface area contributed by atoms with Gasteiger partial charge in [0.05, 0.1) is 14.2 Å². The molecule has 2 rings (SSSR count). The zero-order valence-electron chi connectivity index (χ0n) is 15.0. The predicted octanol–water partition coefficient (Wildman–Crippen LogP) is 2.29. The average Bonchev–Trinajstić information content (AvgIpc) is 2.61. The lowest BCUT2D eigenvalue weighted by atomic mass is 10.1. The molecule has 0 atom stereocenters. The van der Waals surface area contributed by atoms with Gasteiger partial charge in [0.1, 0.15) is 5.69 Å². The Hall–Kier alpha value is -2.83. The minimum Gasteiger partial charge on any atom is -0.493 e. The van der Waals surface area contributed by atoms with Gasteiger partial charge in [-0.25, -0.2) is 9.97 Å². The molecule has 0 saturated heterocycles. The van der Waals surface area contributed by atoms with Gasteiger partial charge in [0.15, 0.2) is 11.5 Å². The van der Waals surface area contributed by atoms with Crippen LogP contribution in [0.15, 0.2) is 30.5 Å². The van der Waals surface area contributed by atoms with Crippen LogP contribution in [0.3, 0.4) is 0 Å². The second-order valence-corrected chi connectivity index (χ2v) is 5.76. The van der Waals surface area contributed by atoms with Crippen molar-refractivity contribution in [2.24, 2.45) is 0 Å². The van der Waals surface area contributed by atoms with Gasteiger partial charge in [0, 0.05) is 18.8 Å². The van der Waals surface area contributed by atoms with Crippen LogP contribution >= 0.6 is 0 Å². The molecule has 0 aliphatic carbocycles. The van der Waals surface area contributed by atoms with Gasteiger partial charge in [0.2, 0.25) is 5.95 Å². The Labute approximate surface area is 147 Å². The maximum Gasteiger partial charge on any atom is 0.270 e. The zero-order valence-corrected chi connectivity index (χ0v) is 15.0. The molecule has 0 unspecified atom stereocenters. The quantitative estimate of drug-likeness (QED) is 0.764. The number of rotatable bonds is 8. The Balaban J connectivity index is 1.95. The van der Waals surface area contributed by atoms with Gasteiger partial charge in [-0.15, -0.1) is 0 Å². The van der Waals surface area contributed by atoms with E-state index in [0.717, 1.165) is 12.0 Å². The van der Waals surface area contributed by atoms with Crippen LogP contribution in [0.2, 0.25) is 0 Å². The number of anilines is 1. The van der Waals surface area contributed by atoms with Crippen molar-refractivity contribution >= 4 is 11.9 Å². The number of nitrogens with zero attached hydrogens (tertiary/aromatic N) is 2. The molecule has 0 radical (unpaired) electrons. The molecule has 0 aliphatic rings. The molecule has 134 valence electrons. The lowest BCUT2D eigenvalue weighted by molar-refractivity contribution is 0.0938. The molecular formula is C18H24N4O3. The van der Waals surface area contributed by atoms with Crippen LogP contribution in [0.1, 0.15) is 29.9 Å². The third-order valence-corrected chi connectivity index (χ3v) is 3.45. The molecule has 1 aromatic carbocycles. The summed E-state index contributed by atoms with van der Waals surface area (Å²) in [6, 6.07) is 7.45. The average molecular weight is 344 g/mol. The van der Waals surface area contributed by atoms with Crippen LogP contribution in [0.5, 0.6) is 11.5 Å². The van der Waals surface area contributed by atoms with Gasteiger partial charge in [0.25, 0.3) is 5.91 Å². The normalized spacial score (nSPS) is 10.4. The largest absolute Gasteiger partial charge is 0.493 e. The van der Waals surface area contributed by atoms with Gasteiger partial charge < -0.3 is 20.1 Å². The lowest BCUT2D eigenvalue weighted by Gasteiger charge is -2.11. The van der Waals surface area contributed by atoms with E-state index in [1.54, 1.807) is 26.5 Å². The SMILES string of the molecule is COc1ccc(CCNc2nccc(C(=O)NC(C)C)n2)cc1OC. The lowest BCUT2D eigenvalue weighted by Crippen LogP contribution is -2.31. The van der Waals surface area contributed by atoms with Crippen LogP contribution in [-0.2, 0) is 6.42 Å². The molecule has 0 aliphatic heterocycles. The van der Waals surface area contributed by atoms with Crippen LogP contribution in [0, 0.1) is 0 Å². The number of ether oxygens (including phenoxy) is 2. The Morgan fingerprint density at radius 3 is 2.60 bits per heavy atom. The van der Waals surface area contributed by atoms with E-state index in [9.17, 15) is 4.79 Å². The second kappa shape index (κ2) is 8.86. The van der Waals surface area contributed by atoms with Gasteiger partial charge in [-0.1, -0.05) is 6.07 Å². The van der Waals surface area contributed by atoms with Crippen molar-refractivity contribution in [1.29, 1.82) is 0 Å². The molecule has 0 saturated carbocycles. The summed E-state index contributed by atoms with van der Waals surface area (Å²) in [7, 11) is 3.22. The van der Waals surface area contributed by atoms with Crippen LogP contribution in [0.25, 0.3) is 0 Å². The summed E-state index contributed by atoms with van der Waals surface area (Å²) in [5.41, 5.74) is 1.44. The summed E-state index contributed by atoms with van der Waals surface area (Å²) in [5, 5.41) is 5.94. The van der Waals surface area contributed by atoms with Crippen molar-refractivity contribution in [2.75, 3.05) is 26.1 Å². The fourth-order valence-corrected chi connectivity index (χ4v) is 2.26. The Morgan fingerprint density at radius 2 is 1.92 bits per heavy atom. The van der Waals surface area contributed by atoms with Crippen LogP contribution in [-0.4, -0.2) is 42.7 Å². The molecule has 25 heavy (non-hydrogen) atoms. The maximum atomic E-state index is 12.0. The van der Waals surface area contributed by atoms with E-state index < -0.39 is 0 Å². The number of amides is 1. The van der Waals surface area contributed by atoms with Crippen molar-refractivity contribution in [3.05, 3.63) is 41.7 Å². The first-order valence-corrected chi connectivity index (χ1v) is 8.12. The molecule has 7 nitrogen and oxygen atoms in total. The number of methoxy groups -OCH3 is 2.